The van der Waals surface area contributed by atoms with Crippen molar-refractivity contribution in [1.82, 2.24) is 0 Å². The molecule has 0 unspecified atom stereocenters. The highest BCUT2D eigenvalue weighted by Crippen LogP contribution is 2.26. The Balaban J connectivity index is 2.13. The molecule has 1 aliphatic carbocycles. The Bertz CT molecular complexity index is 51.1. The molecule has 0 N–H and O–H groups in total. The van der Waals surface area contributed by atoms with Crippen molar-refractivity contribution < 1.29 is 0 Å². The van der Waals surface area contributed by atoms with Crippen LogP contribution in [0, 0.1) is 12.3 Å². The van der Waals surface area contributed by atoms with Gasteiger partial charge >= 0.3 is 0 Å². The lowest BCUT2D eigenvalue weighted by Gasteiger charge is -2.18. The van der Waals surface area contributed by atoms with Crippen LogP contribution in [0.25, 0.3) is 0 Å². The summed E-state index contributed by atoms with van der Waals surface area (Å²) in [5.41, 5.74) is 0. The van der Waals surface area contributed by atoms with Gasteiger partial charge in [-0.1, -0.05) is 6.92 Å². The summed E-state index contributed by atoms with van der Waals surface area (Å²) in [6.07, 6.45) is 9.13. The molecule has 0 aromatic rings. The Morgan fingerprint density at radius 1 is 1.38 bits per heavy atom. The second-order valence-electron chi connectivity index (χ2n) is 2.47. The van der Waals surface area contributed by atoms with Crippen LogP contribution < -0.4 is 0 Å². The van der Waals surface area contributed by atoms with E-state index in [4.69, 9.17) is 0 Å². The van der Waals surface area contributed by atoms with Crippen LogP contribution in [0.5, 0.6) is 0 Å². The Labute approximate surface area is 52.3 Å². The molecule has 1 saturated carbocycles. The standard InChI is InChI=1S/C8H14/c1-2-8-6-4-3-5-7-8/h3H,2,4-7H2,1H3. The van der Waals surface area contributed by atoms with Gasteiger partial charge in [-0.05, 0) is 44.4 Å². The topological polar surface area (TPSA) is 0 Å². The Morgan fingerprint density at radius 2 is 2.00 bits per heavy atom. The minimum Gasteiger partial charge on any atom is -0.0648 e. The maximum Gasteiger partial charge on any atom is -0.0243 e. The summed E-state index contributed by atoms with van der Waals surface area (Å²) in [5, 5.41) is 0. The highest BCUT2D eigenvalue weighted by atomic mass is 14.2. The normalized spacial score (nSPS) is 23.6. The van der Waals surface area contributed by atoms with Gasteiger partial charge in [0.25, 0.3) is 0 Å². The van der Waals surface area contributed by atoms with Gasteiger partial charge in [0.15, 0.2) is 0 Å². The Hall–Kier alpha value is 0. The molecule has 0 aliphatic heterocycles. The fraction of sp³-hybridized carbons (Fsp3) is 0.750. The Morgan fingerprint density at radius 3 is 2.38 bits per heavy atom. The summed E-state index contributed by atoms with van der Waals surface area (Å²) in [6, 6.07) is 0. The molecule has 0 nitrogen and oxygen atoms in total. The van der Waals surface area contributed by atoms with E-state index in [0.29, 0.717) is 0 Å². The summed E-state index contributed by atoms with van der Waals surface area (Å²) in [5.74, 6) is 1.77. The summed E-state index contributed by atoms with van der Waals surface area (Å²) in [6.45, 7) is 2.26. The number of hydrogen-bond acceptors (Lipinski definition) is 0. The lowest BCUT2D eigenvalue weighted by molar-refractivity contribution is 0.597. The van der Waals surface area contributed by atoms with Crippen LogP contribution in [0.2, 0.25) is 0 Å². The predicted molar refractivity (Wildman–Crippen MR) is 36.3 cm³/mol. The average Bonchev–Trinajstić information content (AvgIpc) is 1.90. The molecule has 1 rings (SSSR count). The number of rotatable bonds is 1. The molecule has 46 valence electrons. The molecular formula is C8H14. The van der Waals surface area contributed by atoms with Crippen molar-refractivity contribution in [3.8, 4) is 0 Å². The van der Waals surface area contributed by atoms with Crippen LogP contribution in [-0.4, -0.2) is 0 Å². The minimum absolute atomic E-state index is 1.31. The molecule has 0 atom stereocenters. The van der Waals surface area contributed by atoms with Gasteiger partial charge in [-0.15, -0.1) is 0 Å². The van der Waals surface area contributed by atoms with E-state index in [0.717, 1.165) is 0 Å². The Kier molecular flexibility index (Phi) is 2.38. The highest BCUT2D eigenvalue weighted by Gasteiger charge is 2.10. The number of hydrogen-bond donors (Lipinski definition) is 0. The van der Waals surface area contributed by atoms with E-state index in [1.165, 1.54) is 32.1 Å². The van der Waals surface area contributed by atoms with Crippen LogP contribution in [0.3, 0.4) is 0 Å². The van der Waals surface area contributed by atoms with Crippen molar-refractivity contribution in [3.05, 3.63) is 12.3 Å². The second kappa shape index (κ2) is 3.11. The van der Waals surface area contributed by atoms with Crippen molar-refractivity contribution in [1.29, 1.82) is 0 Å². The van der Waals surface area contributed by atoms with Crippen molar-refractivity contribution in [2.45, 2.75) is 39.0 Å². The minimum atomic E-state index is 1.31. The van der Waals surface area contributed by atoms with Crippen LogP contribution in [0.1, 0.15) is 39.0 Å². The van der Waals surface area contributed by atoms with Crippen LogP contribution >= 0.6 is 0 Å². The van der Waals surface area contributed by atoms with E-state index < -0.39 is 0 Å². The van der Waals surface area contributed by atoms with Crippen molar-refractivity contribution >= 4 is 0 Å². The molecule has 2 radical (unpaired) electrons. The maximum absolute atomic E-state index is 2.40. The molecule has 0 saturated heterocycles. The fourth-order valence-corrected chi connectivity index (χ4v) is 1.24. The predicted octanol–water partition coefficient (Wildman–Crippen LogP) is 2.75. The third-order valence-corrected chi connectivity index (χ3v) is 1.90. The first-order valence-electron chi connectivity index (χ1n) is 3.58. The van der Waals surface area contributed by atoms with E-state index in [2.05, 4.69) is 13.3 Å². The van der Waals surface area contributed by atoms with E-state index in [9.17, 15) is 0 Å². The van der Waals surface area contributed by atoms with Crippen LogP contribution in [0.15, 0.2) is 0 Å². The van der Waals surface area contributed by atoms with Gasteiger partial charge < -0.3 is 0 Å². The zero-order valence-electron chi connectivity index (χ0n) is 5.61. The molecule has 0 aromatic carbocycles. The second-order valence-corrected chi connectivity index (χ2v) is 2.47. The molecule has 1 aliphatic rings. The molecule has 0 heterocycles. The first-order chi connectivity index (χ1) is 3.93. The van der Waals surface area contributed by atoms with Gasteiger partial charge in [-0.3, -0.25) is 0 Å². The third-order valence-electron chi connectivity index (χ3n) is 1.90. The van der Waals surface area contributed by atoms with E-state index in [-0.39, 0.29) is 0 Å². The average molecular weight is 110 g/mol. The molecular weight excluding hydrogens is 96.1 g/mol. The van der Waals surface area contributed by atoms with Crippen molar-refractivity contribution in [3.63, 3.8) is 0 Å². The van der Waals surface area contributed by atoms with E-state index >= 15 is 0 Å². The lowest BCUT2D eigenvalue weighted by Crippen LogP contribution is -2.01. The highest BCUT2D eigenvalue weighted by molar-refractivity contribution is 4.95. The summed E-state index contributed by atoms with van der Waals surface area (Å²) >= 11 is 0. The summed E-state index contributed by atoms with van der Waals surface area (Å²) in [7, 11) is 0. The van der Waals surface area contributed by atoms with Gasteiger partial charge in [0.2, 0.25) is 0 Å². The maximum atomic E-state index is 2.40. The lowest BCUT2D eigenvalue weighted by atomic mass is 9.88. The third kappa shape index (κ3) is 1.50. The monoisotopic (exact) mass is 110 g/mol. The fourth-order valence-electron chi connectivity index (χ4n) is 1.24. The molecule has 0 amide bonds. The molecule has 8 heavy (non-hydrogen) atoms. The van der Waals surface area contributed by atoms with Gasteiger partial charge in [-0.2, -0.15) is 0 Å². The van der Waals surface area contributed by atoms with Gasteiger partial charge in [-0.25, -0.2) is 0 Å². The molecule has 0 bridgehead atoms. The summed E-state index contributed by atoms with van der Waals surface area (Å²) < 4.78 is 0. The van der Waals surface area contributed by atoms with Gasteiger partial charge in [0.05, 0.1) is 0 Å². The smallest absolute Gasteiger partial charge is 0.0243 e. The summed E-state index contributed by atoms with van der Waals surface area (Å²) in [4.78, 5) is 0. The van der Waals surface area contributed by atoms with E-state index in [1.807, 2.05) is 0 Å². The molecule has 0 heteroatoms. The van der Waals surface area contributed by atoms with Crippen LogP contribution in [-0.2, 0) is 0 Å². The van der Waals surface area contributed by atoms with Crippen LogP contribution in [0.4, 0.5) is 0 Å². The van der Waals surface area contributed by atoms with Crippen molar-refractivity contribution in [2.24, 2.45) is 0 Å². The SMILES string of the molecule is CC[C]1CC[CH]CC1. The van der Waals surface area contributed by atoms with E-state index in [1.54, 1.807) is 5.92 Å². The molecule has 0 spiro atoms. The van der Waals surface area contributed by atoms with Gasteiger partial charge in [0.1, 0.15) is 0 Å². The zero-order valence-corrected chi connectivity index (χ0v) is 5.61. The first-order valence-corrected chi connectivity index (χ1v) is 3.58. The zero-order chi connectivity index (χ0) is 5.82. The quantitative estimate of drug-likeness (QED) is 0.487. The van der Waals surface area contributed by atoms with Crippen molar-refractivity contribution in [2.75, 3.05) is 0 Å². The first kappa shape index (κ1) is 6.12. The molecule has 1 fully saturated rings. The van der Waals surface area contributed by atoms with Gasteiger partial charge in [0, 0.05) is 0 Å². The molecule has 0 aromatic heterocycles. The largest absolute Gasteiger partial charge is 0.0648 e.